The summed E-state index contributed by atoms with van der Waals surface area (Å²) in [5.74, 6) is 0. The van der Waals surface area contributed by atoms with Gasteiger partial charge < -0.3 is 5.32 Å². The Kier molecular flexibility index (Phi) is 5.19. The van der Waals surface area contributed by atoms with Gasteiger partial charge in [-0.3, -0.25) is 4.79 Å². The number of nitrogens with zero attached hydrogens (tertiary/aromatic N) is 2. The van der Waals surface area contributed by atoms with E-state index in [1.807, 2.05) is 6.92 Å². The van der Waals surface area contributed by atoms with Crippen molar-refractivity contribution in [2.45, 2.75) is 46.2 Å². The Morgan fingerprint density at radius 1 is 1.50 bits per heavy atom. The second-order valence-corrected chi connectivity index (χ2v) is 4.18. The van der Waals surface area contributed by atoms with E-state index in [2.05, 4.69) is 24.3 Å². The summed E-state index contributed by atoms with van der Waals surface area (Å²) in [6.07, 6.45) is 2.06. The van der Waals surface area contributed by atoms with Gasteiger partial charge in [0.25, 0.3) is 5.56 Å². The molecular formula is C12H21N3O. The molecule has 0 aliphatic rings. The minimum atomic E-state index is -0.0201. The van der Waals surface area contributed by atoms with E-state index in [-0.39, 0.29) is 5.56 Å². The molecule has 0 bridgehead atoms. The van der Waals surface area contributed by atoms with Crippen LogP contribution in [0, 0.1) is 6.92 Å². The largest absolute Gasteiger partial charge is 0.314 e. The first-order valence-corrected chi connectivity index (χ1v) is 5.91. The van der Waals surface area contributed by atoms with Crippen molar-refractivity contribution in [1.82, 2.24) is 15.1 Å². The Labute approximate surface area is 96.7 Å². The van der Waals surface area contributed by atoms with Crippen LogP contribution in [0.3, 0.4) is 0 Å². The number of nitrogens with one attached hydrogen (secondary N) is 1. The van der Waals surface area contributed by atoms with Crippen molar-refractivity contribution in [3.8, 4) is 0 Å². The Morgan fingerprint density at radius 3 is 2.94 bits per heavy atom. The molecule has 4 nitrogen and oxygen atoms in total. The first-order valence-electron chi connectivity index (χ1n) is 5.91. The van der Waals surface area contributed by atoms with E-state index < -0.39 is 0 Å². The van der Waals surface area contributed by atoms with Crippen LogP contribution in [0.5, 0.6) is 0 Å². The molecule has 4 heteroatoms. The molecular weight excluding hydrogens is 202 g/mol. The van der Waals surface area contributed by atoms with Crippen LogP contribution in [0.15, 0.2) is 16.9 Å². The van der Waals surface area contributed by atoms with Crippen molar-refractivity contribution >= 4 is 0 Å². The van der Waals surface area contributed by atoms with E-state index in [0.29, 0.717) is 12.6 Å². The standard InChI is InChI=1S/C12H21N3O/c1-4-8-13-10(2)7-9-15-12(16)6-5-11(3)14-15/h5-6,10,13H,4,7-9H2,1-3H3. The highest BCUT2D eigenvalue weighted by Gasteiger charge is 2.03. The van der Waals surface area contributed by atoms with E-state index in [4.69, 9.17) is 0 Å². The van der Waals surface area contributed by atoms with Gasteiger partial charge in [-0.2, -0.15) is 5.10 Å². The molecule has 1 aromatic heterocycles. The predicted octanol–water partition coefficient (Wildman–Crippen LogP) is 1.33. The normalized spacial score (nSPS) is 12.7. The van der Waals surface area contributed by atoms with Gasteiger partial charge in [0.2, 0.25) is 0 Å². The van der Waals surface area contributed by atoms with E-state index in [1.54, 1.807) is 16.8 Å². The molecule has 0 fully saturated rings. The summed E-state index contributed by atoms with van der Waals surface area (Å²) < 4.78 is 1.54. The molecule has 1 atom stereocenters. The summed E-state index contributed by atoms with van der Waals surface area (Å²) in [6.45, 7) is 7.88. The van der Waals surface area contributed by atoms with Crippen molar-refractivity contribution in [3.05, 3.63) is 28.2 Å². The van der Waals surface area contributed by atoms with Crippen molar-refractivity contribution < 1.29 is 0 Å². The number of hydrogen-bond acceptors (Lipinski definition) is 3. The summed E-state index contributed by atoms with van der Waals surface area (Å²) >= 11 is 0. The minimum Gasteiger partial charge on any atom is -0.314 e. The molecule has 1 unspecified atom stereocenters. The third-order valence-corrected chi connectivity index (χ3v) is 2.52. The molecule has 0 radical (unpaired) electrons. The molecule has 90 valence electrons. The van der Waals surface area contributed by atoms with Crippen LogP contribution in [0.25, 0.3) is 0 Å². The molecule has 0 saturated carbocycles. The zero-order valence-corrected chi connectivity index (χ0v) is 10.4. The van der Waals surface area contributed by atoms with Crippen LogP contribution in [-0.4, -0.2) is 22.4 Å². The summed E-state index contributed by atoms with van der Waals surface area (Å²) in [5, 5.41) is 7.59. The lowest BCUT2D eigenvalue weighted by atomic mass is 10.2. The van der Waals surface area contributed by atoms with Crippen LogP contribution < -0.4 is 10.9 Å². The van der Waals surface area contributed by atoms with Crippen LogP contribution in [0.1, 0.15) is 32.4 Å². The Bertz CT molecular complexity index is 373. The molecule has 1 aromatic rings. The maximum atomic E-state index is 11.5. The first-order chi connectivity index (χ1) is 7.63. The molecule has 16 heavy (non-hydrogen) atoms. The quantitative estimate of drug-likeness (QED) is 0.791. The zero-order valence-electron chi connectivity index (χ0n) is 10.4. The van der Waals surface area contributed by atoms with Gasteiger partial charge >= 0.3 is 0 Å². The van der Waals surface area contributed by atoms with Crippen molar-refractivity contribution in [2.75, 3.05) is 6.54 Å². The van der Waals surface area contributed by atoms with Gasteiger partial charge in [0.1, 0.15) is 0 Å². The second-order valence-electron chi connectivity index (χ2n) is 4.18. The highest BCUT2D eigenvalue weighted by Crippen LogP contribution is 1.94. The van der Waals surface area contributed by atoms with Crippen molar-refractivity contribution in [2.24, 2.45) is 0 Å². The lowest BCUT2D eigenvalue weighted by Crippen LogP contribution is -2.30. The van der Waals surface area contributed by atoms with E-state index in [1.165, 1.54) is 0 Å². The number of aryl methyl sites for hydroxylation is 2. The molecule has 0 spiro atoms. The summed E-state index contributed by atoms with van der Waals surface area (Å²) in [4.78, 5) is 11.5. The van der Waals surface area contributed by atoms with E-state index >= 15 is 0 Å². The average Bonchev–Trinajstić information content (AvgIpc) is 2.27. The van der Waals surface area contributed by atoms with Gasteiger partial charge in [0, 0.05) is 18.7 Å². The first kappa shape index (κ1) is 12.9. The second kappa shape index (κ2) is 6.43. The van der Waals surface area contributed by atoms with Gasteiger partial charge in [-0.1, -0.05) is 6.92 Å². The summed E-state index contributed by atoms with van der Waals surface area (Å²) in [5.41, 5.74) is 0.863. The number of aromatic nitrogens is 2. The predicted molar refractivity (Wildman–Crippen MR) is 65.6 cm³/mol. The maximum absolute atomic E-state index is 11.5. The summed E-state index contributed by atoms with van der Waals surface area (Å²) in [7, 11) is 0. The molecule has 0 aliphatic carbocycles. The fourth-order valence-electron chi connectivity index (χ4n) is 1.52. The molecule has 0 saturated heterocycles. The fraction of sp³-hybridized carbons (Fsp3) is 0.667. The minimum absolute atomic E-state index is 0.0201. The SMILES string of the molecule is CCCNC(C)CCn1nc(C)ccc1=O. The van der Waals surface area contributed by atoms with Crippen LogP contribution >= 0.6 is 0 Å². The van der Waals surface area contributed by atoms with Crippen LogP contribution in [-0.2, 0) is 6.54 Å². The molecule has 0 aromatic carbocycles. The molecule has 1 rings (SSSR count). The average molecular weight is 223 g/mol. The van der Waals surface area contributed by atoms with Crippen LogP contribution in [0.4, 0.5) is 0 Å². The molecule has 0 aliphatic heterocycles. The monoisotopic (exact) mass is 223 g/mol. The van der Waals surface area contributed by atoms with E-state index in [0.717, 1.165) is 25.1 Å². The maximum Gasteiger partial charge on any atom is 0.266 e. The third-order valence-electron chi connectivity index (χ3n) is 2.52. The Morgan fingerprint density at radius 2 is 2.25 bits per heavy atom. The molecule has 0 amide bonds. The van der Waals surface area contributed by atoms with Crippen molar-refractivity contribution in [3.63, 3.8) is 0 Å². The lowest BCUT2D eigenvalue weighted by Gasteiger charge is -2.13. The van der Waals surface area contributed by atoms with Gasteiger partial charge in [-0.25, -0.2) is 4.68 Å². The Balaban J connectivity index is 2.48. The number of hydrogen-bond donors (Lipinski definition) is 1. The molecule has 1 N–H and O–H groups in total. The van der Waals surface area contributed by atoms with Gasteiger partial charge in [0.05, 0.1) is 5.69 Å². The highest BCUT2D eigenvalue weighted by molar-refractivity contribution is 4.97. The lowest BCUT2D eigenvalue weighted by molar-refractivity contribution is 0.447. The van der Waals surface area contributed by atoms with Crippen molar-refractivity contribution in [1.29, 1.82) is 0 Å². The smallest absolute Gasteiger partial charge is 0.266 e. The molecule has 1 heterocycles. The Hall–Kier alpha value is -1.16. The van der Waals surface area contributed by atoms with Gasteiger partial charge in [-0.15, -0.1) is 0 Å². The zero-order chi connectivity index (χ0) is 12.0. The van der Waals surface area contributed by atoms with E-state index in [9.17, 15) is 4.79 Å². The van der Waals surface area contributed by atoms with Gasteiger partial charge in [0.15, 0.2) is 0 Å². The fourth-order valence-corrected chi connectivity index (χ4v) is 1.52. The summed E-state index contributed by atoms with van der Waals surface area (Å²) in [6, 6.07) is 3.75. The third kappa shape index (κ3) is 4.14. The highest BCUT2D eigenvalue weighted by atomic mass is 16.1. The topological polar surface area (TPSA) is 46.9 Å². The number of rotatable bonds is 6. The van der Waals surface area contributed by atoms with Crippen LogP contribution in [0.2, 0.25) is 0 Å². The van der Waals surface area contributed by atoms with Gasteiger partial charge in [-0.05, 0) is 39.3 Å².